The minimum absolute atomic E-state index is 0.0182. The number of thiazole rings is 1. The molecule has 0 saturated carbocycles. The number of ketones is 1. The molecule has 1 aromatic rings. The SMILES string of the molecule is C/C1=C/C[C@@H](/C(C)=C/c2csc(CO[Si](C)(C)C(C)(C)C)n2)OC(=O)C[C@H](C)C(C)(C)C(=O)[C@H](C)[C@@H](O[Si](C)(C)C(C)(C)C)[C@@H](C)/C=C/C1. The number of carbonyl (C=O) groups is 2. The van der Waals surface area contributed by atoms with Crippen LogP contribution in [0.3, 0.4) is 0 Å². The normalized spacial score (nSPS) is 27.7. The van der Waals surface area contributed by atoms with Crippen molar-refractivity contribution in [3.63, 3.8) is 0 Å². The number of rotatable bonds is 7. The lowest BCUT2D eigenvalue weighted by atomic mass is 9.69. The number of nitrogens with zero attached hydrogens (tertiary/aromatic N) is 1. The van der Waals surface area contributed by atoms with Crippen LogP contribution in [0, 0.1) is 23.2 Å². The van der Waals surface area contributed by atoms with Gasteiger partial charge in [-0.3, -0.25) is 9.59 Å². The van der Waals surface area contributed by atoms with Crippen molar-refractivity contribution in [3.05, 3.63) is 45.5 Å². The van der Waals surface area contributed by atoms with Crippen LogP contribution in [0.4, 0.5) is 0 Å². The van der Waals surface area contributed by atoms with E-state index in [0.29, 0.717) is 13.0 Å². The van der Waals surface area contributed by atoms with Gasteiger partial charge in [0.15, 0.2) is 16.6 Å². The average Bonchev–Trinajstić information content (AvgIpc) is 3.41. The number of aromatic nitrogens is 1. The van der Waals surface area contributed by atoms with Crippen LogP contribution in [0.5, 0.6) is 0 Å². The molecule has 278 valence electrons. The minimum atomic E-state index is -2.17. The third-order valence-corrected chi connectivity index (χ3v) is 21.4. The summed E-state index contributed by atoms with van der Waals surface area (Å²) >= 11 is 1.60. The van der Waals surface area contributed by atoms with Crippen molar-refractivity contribution >= 4 is 45.8 Å². The summed E-state index contributed by atoms with van der Waals surface area (Å²) in [6.07, 6.45) is 9.44. The molecule has 0 N–H and O–H groups in total. The van der Waals surface area contributed by atoms with E-state index in [1.165, 1.54) is 5.57 Å². The summed E-state index contributed by atoms with van der Waals surface area (Å²) in [6.45, 7) is 37.2. The number of carbonyl (C=O) groups excluding carboxylic acids is 2. The fourth-order valence-corrected chi connectivity index (χ4v) is 8.56. The maximum absolute atomic E-state index is 14.3. The Labute approximate surface area is 305 Å². The molecule has 1 aromatic heterocycles. The third kappa shape index (κ3) is 11.9. The predicted molar refractivity (Wildman–Crippen MR) is 213 cm³/mol. The summed E-state index contributed by atoms with van der Waals surface area (Å²) < 4.78 is 19.6. The van der Waals surface area contributed by atoms with E-state index >= 15 is 0 Å². The Kier molecular flexibility index (Phi) is 14.9. The molecule has 2 heterocycles. The number of hydrogen-bond acceptors (Lipinski definition) is 7. The van der Waals surface area contributed by atoms with Crippen molar-refractivity contribution < 1.29 is 23.2 Å². The van der Waals surface area contributed by atoms with Crippen LogP contribution < -0.4 is 0 Å². The molecule has 0 amide bonds. The van der Waals surface area contributed by atoms with Gasteiger partial charge in [-0.1, -0.05) is 100.0 Å². The first-order valence-corrected chi connectivity index (χ1v) is 24.9. The van der Waals surface area contributed by atoms with Crippen LogP contribution >= 0.6 is 11.3 Å². The van der Waals surface area contributed by atoms with Crippen molar-refractivity contribution in [2.45, 2.75) is 164 Å². The summed E-state index contributed by atoms with van der Waals surface area (Å²) in [5.41, 5.74) is 2.24. The zero-order chi connectivity index (χ0) is 37.8. The molecule has 5 atom stereocenters. The van der Waals surface area contributed by atoms with E-state index < -0.39 is 28.2 Å². The summed E-state index contributed by atoms with van der Waals surface area (Å²) in [7, 11) is -4.05. The number of allylic oxidation sites excluding steroid dienone is 2. The Balaban J connectivity index is 2.41. The highest BCUT2D eigenvalue weighted by Gasteiger charge is 2.46. The summed E-state index contributed by atoms with van der Waals surface area (Å²) in [5.74, 6) is -0.657. The van der Waals surface area contributed by atoms with Gasteiger partial charge in [0.25, 0.3) is 0 Å². The number of cyclic esters (lactones) is 1. The van der Waals surface area contributed by atoms with Gasteiger partial charge >= 0.3 is 5.97 Å². The lowest BCUT2D eigenvalue weighted by molar-refractivity contribution is -0.150. The average molecular weight is 732 g/mol. The van der Waals surface area contributed by atoms with Crippen LogP contribution in [0.2, 0.25) is 36.3 Å². The van der Waals surface area contributed by atoms with Crippen LogP contribution in [0.25, 0.3) is 6.08 Å². The van der Waals surface area contributed by atoms with Gasteiger partial charge in [-0.05, 0) is 80.0 Å². The highest BCUT2D eigenvalue weighted by molar-refractivity contribution is 7.09. The van der Waals surface area contributed by atoms with Gasteiger partial charge in [-0.25, -0.2) is 4.98 Å². The van der Waals surface area contributed by atoms with Crippen molar-refractivity contribution in [2.24, 2.45) is 23.2 Å². The Bertz CT molecular complexity index is 1380. The molecular formula is C40H69NO5SSi2. The van der Waals surface area contributed by atoms with Crippen molar-refractivity contribution in [1.82, 2.24) is 4.98 Å². The maximum atomic E-state index is 14.3. The number of Topliss-reactive ketones (excluding diaryl/α,β-unsaturated/α-hetero) is 1. The van der Waals surface area contributed by atoms with E-state index in [0.717, 1.165) is 22.7 Å². The van der Waals surface area contributed by atoms with Gasteiger partial charge in [0.05, 0.1) is 18.4 Å². The Hall–Kier alpha value is -1.66. The Morgan fingerprint density at radius 1 is 1.04 bits per heavy atom. The molecule has 0 saturated heterocycles. The number of ether oxygens (including phenoxy) is 1. The fraction of sp³-hybridized carbons (Fsp3) is 0.725. The zero-order valence-electron chi connectivity index (χ0n) is 34.0. The van der Waals surface area contributed by atoms with E-state index in [9.17, 15) is 9.59 Å². The molecule has 0 bridgehead atoms. The van der Waals surface area contributed by atoms with Gasteiger partial charge in [-0.2, -0.15) is 0 Å². The molecule has 0 aliphatic carbocycles. The molecule has 9 heteroatoms. The molecule has 0 unspecified atom stereocenters. The fourth-order valence-electron chi connectivity index (χ4n) is 5.41. The molecule has 49 heavy (non-hydrogen) atoms. The first-order valence-electron chi connectivity index (χ1n) is 18.2. The number of hydrogen-bond donors (Lipinski definition) is 0. The van der Waals surface area contributed by atoms with E-state index in [-0.39, 0.29) is 52.1 Å². The molecule has 0 radical (unpaired) electrons. The molecule has 0 aromatic carbocycles. The first kappa shape index (κ1) is 43.5. The molecule has 0 fully saturated rings. The minimum Gasteiger partial charge on any atom is -0.457 e. The van der Waals surface area contributed by atoms with Crippen LogP contribution in [0.1, 0.15) is 120 Å². The van der Waals surface area contributed by atoms with Crippen molar-refractivity contribution in [3.8, 4) is 0 Å². The molecule has 6 nitrogen and oxygen atoms in total. The molecule has 1 aliphatic heterocycles. The third-order valence-electron chi connectivity index (χ3n) is 11.7. The topological polar surface area (TPSA) is 74.7 Å². The Morgan fingerprint density at radius 2 is 1.63 bits per heavy atom. The van der Waals surface area contributed by atoms with E-state index in [1.54, 1.807) is 11.3 Å². The van der Waals surface area contributed by atoms with Crippen LogP contribution in [-0.2, 0) is 29.8 Å². The van der Waals surface area contributed by atoms with Crippen molar-refractivity contribution in [2.75, 3.05) is 0 Å². The number of esters is 1. The molecule has 0 spiro atoms. The van der Waals surface area contributed by atoms with Crippen LogP contribution in [-0.4, -0.2) is 45.6 Å². The highest BCUT2D eigenvalue weighted by atomic mass is 32.1. The lowest BCUT2D eigenvalue weighted by Gasteiger charge is -2.43. The predicted octanol–water partition coefficient (Wildman–Crippen LogP) is 11.6. The summed E-state index contributed by atoms with van der Waals surface area (Å²) in [4.78, 5) is 32.7. The zero-order valence-corrected chi connectivity index (χ0v) is 36.8. The van der Waals surface area contributed by atoms with Crippen molar-refractivity contribution in [1.29, 1.82) is 0 Å². The second-order valence-corrected chi connectivity index (χ2v) is 28.7. The quantitative estimate of drug-likeness (QED) is 0.158. The largest absolute Gasteiger partial charge is 0.457 e. The molecule has 1 aliphatic rings. The molecular weight excluding hydrogens is 663 g/mol. The van der Waals surface area contributed by atoms with Gasteiger partial charge in [0.2, 0.25) is 0 Å². The standard InChI is InChI=1S/C40H69NO5SSi2/c1-27-19-18-20-28(2)36(46-49(16,17)39(9,10)11)31(5)37(43)40(12,13)30(4)24-35(42)45-33(22-21-27)29(3)23-32-26-47-34(41-32)25-44-48(14,15)38(6,7)8/h18,20-21,23,26,28,30-31,33,36H,19,22,24-25H2,1-17H3/b20-18+,27-21-,29-23+/t28-,30-,31+,33-,36-/m0/s1. The van der Waals surface area contributed by atoms with Gasteiger partial charge in [0.1, 0.15) is 16.9 Å². The lowest BCUT2D eigenvalue weighted by Crippen LogP contribution is -2.50. The van der Waals surface area contributed by atoms with E-state index in [2.05, 4.69) is 99.8 Å². The second-order valence-electron chi connectivity index (χ2n) is 18.2. The second kappa shape index (κ2) is 16.8. The summed E-state index contributed by atoms with van der Waals surface area (Å²) in [5, 5.41) is 3.14. The maximum Gasteiger partial charge on any atom is 0.306 e. The molecule has 2 rings (SSSR count). The van der Waals surface area contributed by atoms with Gasteiger partial charge in [0, 0.05) is 29.6 Å². The van der Waals surface area contributed by atoms with Gasteiger partial charge < -0.3 is 13.6 Å². The van der Waals surface area contributed by atoms with Gasteiger partial charge in [-0.15, -0.1) is 11.3 Å². The highest BCUT2D eigenvalue weighted by Crippen LogP contribution is 2.42. The first-order chi connectivity index (χ1) is 22.2. The van der Waals surface area contributed by atoms with E-state index in [1.807, 2.05) is 46.1 Å². The van der Waals surface area contributed by atoms with E-state index in [4.69, 9.17) is 18.6 Å². The monoisotopic (exact) mass is 731 g/mol. The van der Waals surface area contributed by atoms with Crippen LogP contribution in [0.15, 0.2) is 34.8 Å². The Morgan fingerprint density at radius 3 is 2.20 bits per heavy atom. The smallest absolute Gasteiger partial charge is 0.306 e. The summed E-state index contributed by atoms with van der Waals surface area (Å²) in [6, 6.07) is 0.